The van der Waals surface area contributed by atoms with Crippen molar-refractivity contribution in [2.24, 2.45) is 5.73 Å². The van der Waals surface area contributed by atoms with E-state index in [0.29, 0.717) is 0 Å². The molecular weight excluding hydrogens is 238 g/mol. The number of hydrogen-bond acceptors (Lipinski definition) is 3. The second-order valence-electron chi connectivity index (χ2n) is 5.77. The highest BCUT2D eigenvalue weighted by Gasteiger charge is 2.49. The Kier molecular flexibility index (Phi) is 3.17. The van der Waals surface area contributed by atoms with E-state index >= 15 is 0 Å². The van der Waals surface area contributed by atoms with Gasteiger partial charge in [-0.1, -0.05) is 13.0 Å². The predicted octanol–water partition coefficient (Wildman–Crippen LogP) is 2.79. The molecule has 0 radical (unpaired) electrons. The first-order chi connectivity index (χ1) is 9.19. The molecule has 1 aliphatic carbocycles. The van der Waals surface area contributed by atoms with E-state index in [2.05, 4.69) is 26.0 Å². The molecule has 3 heteroatoms. The summed E-state index contributed by atoms with van der Waals surface area (Å²) >= 11 is 0. The second kappa shape index (κ2) is 4.71. The Labute approximate surface area is 115 Å². The molecule has 1 fully saturated rings. The zero-order valence-electron chi connectivity index (χ0n) is 11.9. The number of hydrogen-bond donors (Lipinski definition) is 1. The average molecular weight is 261 g/mol. The molecular formula is C16H23NO2. The average Bonchev–Trinajstić information content (AvgIpc) is 3.21. The first kappa shape index (κ1) is 12.8. The minimum Gasteiger partial charge on any atom is -0.490 e. The second-order valence-corrected chi connectivity index (χ2v) is 5.77. The molecule has 1 aliphatic heterocycles. The fourth-order valence-corrected chi connectivity index (χ4v) is 3.22. The fraction of sp³-hybridized carbons (Fsp3) is 0.625. The summed E-state index contributed by atoms with van der Waals surface area (Å²) in [5.41, 5.74) is 9.08. The molecule has 0 amide bonds. The molecule has 3 rings (SSSR count). The van der Waals surface area contributed by atoms with Crippen LogP contribution in [0.15, 0.2) is 12.1 Å². The van der Waals surface area contributed by atoms with Crippen LogP contribution in [0.4, 0.5) is 0 Å². The van der Waals surface area contributed by atoms with Crippen LogP contribution in [0.2, 0.25) is 0 Å². The van der Waals surface area contributed by atoms with Gasteiger partial charge in [-0.15, -0.1) is 0 Å². The molecule has 1 aromatic carbocycles. The van der Waals surface area contributed by atoms with E-state index in [1.54, 1.807) is 0 Å². The summed E-state index contributed by atoms with van der Waals surface area (Å²) in [6, 6.07) is 4.47. The monoisotopic (exact) mass is 261 g/mol. The fourth-order valence-electron chi connectivity index (χ4n) is 3.22. The van der Waals surface area contributed by atoms with Crippen LogP contribution in [0.1, 0.15) is 44.2 Å². The van der Waals surface area contributed by atoms with Gasteiger partial charge in [-0.3, -0.25) is 0 Å². The zero-order chi connectivity index (χ0) is 13.5. The molecule has 0 spiro atoms. The van der Waals surface area contributed by atoms with Crippen LogP contribution in [0.5, 0.6) is 11.5 Å². The van der Waals surface area contributed by atoms with Gasteiger partial charge in [-0.05, 0) is 37.8 Å². The van der Waals surface area contributed by atoms with E-state index < -0.39 is 0 Å². The number of ether oxygens (including phenoxy) is 2. The molecule has 2 aliphatic rings. The SMILES string of the molecule is CCc1c(C2(C(C)N)CC2)ccc2c1OCCCO2. The molecule has 3 nitrogen and oxygen atoms in total. The molecule has 1 heterocycles. The van der Waals surface area contributed by atoms with Gasteiger partial charge in [0.25, 0.3) is 0 Å². The van der Waals surface area contributed by atoms with E-state index in [1.807, 2.05) is 0 Å². The minimum atomic E-state index is 0.177. The van der Waals surface area contributed by atoms with Crippen LogP contribution < -0.4 is 15.2 Å². The van der Waals surface area contributed by atoms with Gasteiger partial charge in [0.2, 0.25) is 0 Å². The van der Waals surface area contributed by atoms with Crippen molar-refractivity contribution in [3.8, 4) is 11.5 Å². The summed E-state index contributed by atoms with van der Waals surface area (Å²) in [5.74, 6) is 1.86. The lowest BCUT2D eigenvalue weighted by atomic mass is 9.84. The summed E-state index contributed by atoms with van der Waals surface area (Å²) in [7, 11) is 0. The van der Waals surface area contributed by atoms with Crippen molar-refractivity contribution in [1.82, 2.24) is 0 Å². The molecule has 0 aromatic heterocycles. The van der Waals surface area contributed by atoms with E-state index in [9.17, 15) is 0 Å². The standard InChI is InChI=1S/C16H23NO2/c1-3-12-13(16(7-8-16)11(2)17)5-6-14-15(12)19-10-4-9-18-14/h5-6,11H,3-4,7-10,17H2,1-2H3. The van der Waals surface area contributed by atoms with Crippen LogP contribution in [-0.2, 0) is 11.8 Å². The maximum atomic E-state index is 6.22. The van der Waals surface area contributed by atoms with Crippen molar-refractivity contribution in [3.05, 3.63) is 23.3 Å². The van der Waals surface area contributed by atoms with Crippen molar-refractivity contribution >= 4 is 0 Å². The Hall–Kier alpha value is -1.22. The predicted molar refractivity (Wildman–Crippen MR) is 76.0 cm³/mol. The summed E-state index contributed by atoms with van der Waals surface area (Å²) in [5, 5.41) is 0. The summed E-state index contributed by atoms with van der Waals surface area (Å²) < 4.78 is 11.7. The summed E-state index contributed by atoms with van der Waals surface area (Å²) in [6.07, 6.45) is 4.30. The summed E-state index contributed by atoms with van der Waals surface area (Å²) in [4.78, 5) is 0. The lowest BCUT2D eigenvalue weighted by molar-refractivity contribution is 0.296. The van der Waals surface area contributed by atoms with Gasteiger partial charge < -0.3 is 15.2 Å². The number of rotatable bonds is 3. The lowest BCUT2D eigenvalue weighted by Gasteiger charge is -2.25. The number of benzene rings is 1. The van der Waals surface area contributed by atoms with Crippen molar-refractivity contribution in [2.75, 3.05) is 13.2 Å². The van der Waals surface area contributed by atoms with Gasteiger partial charge >= 0.3 is 0 Å². The Morgan fingerprint density at radius 3 is 2.63 bits per heavy atom. The van der Waals surface area contributed by atoms with E-state index in [4.69, 9.17) is 15.2 Å². The van der Waals surface area contributed by atoms with Crippen molar-refractivity contribution in [1.29, 1.82) is 0 Å². The Bertz CT molecular complexity index is 478. The summed E-state index contributed by atoms with van der Waals surface area (Å²) in [6.45, 7) is 5.79. The van der Waals surface area contributed by atoms with E-state index in [0.717, 1.165) is 37.6 Å². The van der Waals surface area contributed by atoms with Crippen molar-refractivity contribution in [2.45, 2.75) is 51.0 Å². The first-order valence-corrected chi connectivity index (χ1v) is 7.36. The Morgan fingerprint density at radius 1 is 1.26 bits per heavy atom. The van der Waals surface area contributed by atoms with Crippen LogP contribution in [-0.4, -0.2) is 19.3 Å². The smallest absolute Gasteiger partial charge is 0.164 e. The highest BCUT2D eigenvalue weighted by atomic mass is 16.5. The third-order valence-electron chi connectivity index (χ3n) is 4.57. The van der Waals surface area contributed by atoms with Gasteiger partial charge in [-0.25, -0.2) is 0 Å². The zero-order valence-corrected chi connectivity index (χ0v) is 11.9. The topological polar surface area (TPSA) is 44.5 Å². The van der Waals surface area contributed by atoms with Gasteiger partial charge in [0.1, 0.15) is 0 Å². The molecule has 19 heavy (non-hydrogen) atoms. The molecule has 2 N–H and O–H groups in total. The Balaban J connectivity index is 2.09. The third kappa shape index (κ3) is 2.00. The van der Waals surface area contributed by atoms with Gasteiger partial charge in [-0.2, -0.15) is 0 Å². The molecule has 104 valence electrons. The van der Waals surface area contributed by atoms with Crippen LogP contribution >= 0.6 is 0 Å². The van der Waals surface area contributed by atoms with Crippen molar-refractivity contribution in [3.63, 3.8) is 0 Å². The first-order valence-electron chi connectivity index (χ1n) is 7.36. The van der Waals surface area contributed by atoms with E-state index in [1.165, 1.54) is 24.0 Å². The maximum absolute atomic E-state index is 6.22. The largest absolute Gasteiger partial charge is 0.490 e. The molecule has 1 atom stereocenters. The molecule has 1 aromatic rings. The van der Waals surface area contributed by atoms with Crippen LogP contribution in [0.3, 0.4) is 0 Å². The van der Waals surface area contributed by atoms with E-state index in [-0.39, 0.29) is 11.5 Å². The molecule has 0 saturated heterocycles. The van der Waals surface area contributed by atoms with Gasteiger partial charge in [0, 0.05) is 23.4 Å². The number of nitrogens with two attached hydrogens (primary N) is 1. The normalized spacial score (nSPS) is 21.6. The van der Waals surface area contributed by atoms with Gasteiger partial charge in [0.05, 0.1) is 13.2 Å². The highest BCUT2D eigenvalue weighted by molar-refractivity contribution is 5.55. The maximum Gasteiger partial charge on any atom is 0.164 e. The quantitative estimate of drug-likeness (QED) is 0.910. The van der Waals surface area contributed by atoms with Crippen molar-refractivity contribution < 1.29 is 9.47 Å². The molecule has 1 unspecified atom stereocenters. The molecule has 0 bridgehead atoms. The highest BCUT2D eigenvalue weighted by Crippen LogP contribution is 2.54. The lowest BCUT2D eigenvalue weighted by Crippen LogP contribution is -2.32. The molecule has 1 saturated carbocycles. The van der Waals surface area contributed by atoms with Gasteiger partial charge in [0.15, 0.2) is 11.5 Å². The van der Waals surface area contributed by atoms with Crippen LogP contribution in [0.25, 0.3) is 0 Å². The number of fused-ring (bicyclic) bond motifs is 1. The third-order valence-corrected chi connectivity index (χ3v) is 4.57. The Morgan fingerprint density at radius 2 is 2.00 bits per heavy atom. The minimum absolute atomic E-state index is 0.177. The van der Waals surface area contributed by atoms with Crippen LogP contribution in [0, 0.1) is 0 Å².